The summed E-state index contributed by atoms with van der Waals surface area (Å²) in [5, 5.41) is 3.49. The van der Waals surface area contributed by atoms with Crippen molar-refractivity contribution in [3.05, 3.63) is 33.4 Å². The molecule has 94 valence electrons. The fourth-order valence-corrected chi connectivity index (χ4v) is 2.79. The van der Waals surface area contributed by atoms with Crippen molar-refractivity contribution in [1.29, 1.82) is 0 Å². The van der Waals surface area contributed by atoms with Gasteiger partial charge in [-0.15, -0.1) is 0 Å². The lowest BCUT2D eigenvalue weighted by Crippen LogP contribution is -2.25. The summed E-state index contributed by atoms with van der Waals surface area (Å²) in [4.78, 5) is 0. The highest BCUT2D eigenvalue weighted by atomic mass is 127. The molecule has 1 aromatic carbocycles. The molecule has 3 heteroatoms. The Bertz CT molecular complexity index is 337. The van der Waals surface area contributed by atoms with Crippen molar-refractivity contribution in [3.63, 3.8) is 0 Å². The molecule has 0 amide bonds. The maximum Gasteiger partial charge on any atom is 0.0587 e. The summed E-state index contributed by atoms with van der Waals surface area (Å²) in [6, 6.07) is 8.64. The lowest BCUT2D eigenvalue weighted by atomic mass is 10.1. The zero-order valence-corrected chi connectivity index (χ0v) is 12.3. The van der Waals surface area contributed by atoms with Crippen molar-refractivity contribution in [2.24, 2.45) is 0 Å². The Kier molecular flexibility index (Phi) is 5.74. The average molecular weight is 345 g/mol. The Morgan fingerprint density at radius 1 is 1.35 bits per heavy atom. The third kappa shape index (κ3) is 4.94. The lowest BCUT2D eigenvalue weighted by Gasteiger charge is -2.22. The van der Waals surface area contributed by atoms with E-state index in [2.05, 4.69) is 52.2 Å². The first-order chi connectivity index (χ1) is 8.34. The molecule has 1 aliphatic rings. The number of hydrogen-bond donors (Lipinski definition) is 1. The van der Waals surface area contributed by atoms with E-state index in [0.29, 0.717) is 6.10 Å². The molecule has 1 heterocycles. The van der Waals surface area contributed by atoms with Gasteiger partial charge in [-0.1, -0.05) is 12.1 Å². The second kappa shape index (κ2) is 7.34. The van der Waals surface area contributed by atoms with Crippen LogP contribution in [0.3, 0.4) is 0 Å². The Balaban J connectivity index is 1.62. The normalized spacial score (nSPS) is 20.4. The summed E-state index contributed by atoms with van der Waals surface area (Å²) in [6.07, 6.45) is 5.45. The number of hydrogen-bond acceptors (Lipinski definition) is 2. The van der Waals surface area contributed by atoms with Gasteiger partial charge in [0.25, 0.3) is 0 Å². The molecular formula is C14H20INO. The van der Waals surface area contributed by atoms with Gasteiger partial charge in [0.1, 0.15) is 0 Å². The number of halogens is 1. The smallest absolute Gasteiger partial charge is 0.0587 e. The molecule has 0 saturated carbocycles. The number of rotatable bonds is 5. The van der Waals surface area contributed by atoms with Crippen molar-refractivity contribution in [1.82, 2.24) is 5.32 Å². The predicted octanol–water partition coefficient (Wildman–Crippen LogP) is 3.34. The Morgan fingerprint density at radius 2 is 2.29 bits per heavy atom. The second-order valence-corrected chi connectivity index (χ2v) is 5.83. The number of nitrogens with one attached hydrogen (secondary N) is 1. The van der Waals surface area contributed by atoms with Crippen LogP contribution in [0.25, 0.3) is 0 Å². The molecule has 0 radical (unpaired) electrons. The molecule has 1 atom stereocenters. The minimum atomic E-state index is 0.493. The average Bonchev–Trinajstić information content (AvgIpc) is 2.36. The van der Waals surface area contributed by atoms with Crippen molar-refractivity contribution in [2.75, 3.05) is 13.2 Å². The molecule has 17 heavy (non-hydrogen) atoms. The van der Waals surface area contributed by atoms with Crippen LogP contribution < -0.4 is 5.32 Å². The topological polar surface area (TPSA) is 21.3 Å². The van der Waals surface area contributed by atoms with E-state index >= 15 is 0 Å². The first-order valence-electron chi connectivity index (χ1n) is 6.41. The van der Waals surface area contributed by atoms with Gasteiger partial charge in [0.2, 0.25) is 0 Å². The highest BCUT2D eigenvalue weighted by Crippen LogP contribution is 2.15. The van der Waals surface area contributed by atoms with E-state index in [9.17, 15) is 0 Å². The molecule has 2 rings (SSSR count). The zero-order valence-electron chi connectivity index (χ0n) is 10.1. The van der Waals surface area contributed by atoms with Gasteiger partial charge in [-0.2, -0.15) is 0 Å². The van der Waals surface area contributed by atoms with Crippen molar-refractivity contribution in [3.8, 4) is 0 Å². The largest absolute Gasteiger partial charge is 0.378 e. The van der Waals surface area contributed by atoms with Gasteiger partial charge in [-0.3, -0.25) is 0 Å². The van der Waals surface area contributed by atoms with Crippen LogP contribution >= 0.6 is 22.6 Å². The van der Waals surface area contributed by atoms with Gasteiger partial charge in [-0.25, -0.2) is 0 Å². The molecule has 1 aliphatic heterocycles. The first-order valence-corrected chi connectivity index (χ1v) is 7.49. The molecule has 0 bridgehead atoms. The van der Waals surface area contributed by atoms with Crippen molar-refractivity contribution >= 4 is 22.6 Å². The van der Waals surface area contributed by atoms with Crippen LogP contribution in [0.5, 0.6) is 0 Å². The second-order valence-electron chi connectivity index (χ2n) is 4.58. The maximum atomic E-state index is 5.71. The monoisotopic (exact) mass is 345 g/mol. The lowest BCUT2D eigenvalue weighted by molar-refractivity contribution is 0.0115. The first kappa shape index (κ1) is 13.3. The van der Waals surface area contributed by atoms with Gasteiger partial charge >= 0.3 is 0 Å². The minimum Gasteiger partial charge on any atom is -0.378 e. The van der Waals surface area contributed by atoms with Gasteiger partial charge in [0.15, 0.2) is 0 Å². The van der Waals surface area contributed by atoms with Gasteiger partial charge in [0, 0.05) is 16.7 Å². The van der Waals surface area contributed by atoms with Crippen LogP contribution in [0, 0.1) is 3.57 Å². The summed E-state index contributed by atoms with van der Waals surface area (Å²) < 4.78 is 7.01. The molecule has 1 N–H and O–H groups in total. The molecule has 1 unspecified atom stereocenters. The van der Waals surface area contributed by atoms with Crippen molar-refractivity contribution < 1.29 is 4.74 Å². The quantitative estimate of drug-likeness (QED) is 0.653. The minimum absolute atomic E-state index is 0.493. The van der Waals surface area contributed by atoms with Crippen LogP contribution in [0.1, 0.15) is 31.2 Å². The SMILES string of the molecule is Ic1cccc(CNCCC2CCCCO2)c1. The molecule has 0 spiro atoms. The van der Waals surface area contributed by atoms with E-state index in [0.717, 1.165) is 26.1 Å². The van der Waals surface area contributed by atoms with Gasteiger partial charge in [-0.05, 0) is 72.5 Å². The van der Waals surface area contributed by atoms with E-state index in [1.807, 2.05) is 0 Å². The summed E-state index contributed by atoms with van der Waals surface area (Å²) in [5.41, 5.74) is 1.36. The van der Waals surface area contributed by atoms with Gasteiger partial charge in [0.05, 0.1) is 6.10 Å². The predicted molar refractivity (Wildman–Crippen MR) is 79.1 cm³/mol. The third-order valence-corrected chi connectivity index (χ3v) is 3.81. The third-order valence-electron chi connectivity index (χ3n) is 3.14. The molecule has 1 aromatic rings. The molecule has 0 aliphatic carbocycles. The van der Waals surface area contributed by atoms with Crippen LogP contribution in [-0.4, -0.2) is 19.3 Å². The van der Waals surface area contributed by atoms with Crippen LogP contribution in [0.15, 0.2) is 24.3 Å². The fraction of sp³-hybridized carbons (Fsp3) is 0.571. The molecule has 2 nitrogen and oxygen atoms in total. The standard InChI is InChI=1S/C14H20INO/c15-13-5-3-4-12(10-13)11-16-8-7-14-6-1-2-9-17-14/h3-5,10,14,16H,1-2,6-9,11H2. The summed E-state index contributed by atoms with van der Waals surface area (Å²) in [6.45, 7) is 2.97. The highest BCUT2D eigenvalue weighted by molar-refractivity contribution is 14.1. The molecular weight excluding hydrogens is 325 g/mol. The molecule has 1 fully saturated rings. The Morgan fingerprint density at radius 3 is 3.06 bits per heavy atom. The van der Waals surface area contributed by atoms with Crippen LogP contribution in [0.4, 0.5) is 0 Å². The fourth-order valence-electron chi connectivity index (χ4n) is 2.18. The molecule has 0 aromatic heterocycles. The maximum absolute atomic E-state index is 5.71. The number of benzene rings is 1. The Hall–Kier alpha value is -0.130. The summed E-state index contributed by atoms with van der Waals surface area (Å²) in [7, 11) is 0. The van der Waals surface area contributed by atoms with E-state index in [4.69, 9.17) is 4.74 Å². The summed E-state index contributed by atoms with van der Waals surface area (Å²) in [5.74, 6) is 0. The summed E-state index contributed by atoms with van der Waals surface area (Å²) >= 11 is 2.35. The Labute approximate surface area is 117 Å². The number of ether oxygens (including phenoxy) is 1. The van der Waals surface area contributed by atoms with Gasteiger partial charge < -0.3 is 10.1 Å². The van der Waals surface area contributed by atoms with E-state index in [1.54, 1.807) is 0 Å². The van der Waals surface area contributed by atoms with E-state index in [-0.39, 0.29) is 0 Å². The van der Waals surface area contributed by atoms with Crippen molar-refractivity contribution in [2.45, 2.75) is 38.3 Å². The zero-order chi connectivity index (χ0) is 11.9. The van der Waals surface area contributed by atoms with E-state index < -0.39 is 0 Å². The molecule has 1 saturated heterocycles. The van der Waals surface area contributed by atoms with Crippen LogP contribution in [-0.2, 0) is 11.3 Å². The van der Waals surface area contributed by atoms with Crippen LogP contribution in [0.2, 0.25) is 0 Å². The van der Waals surface area contributed by atoms with E-state index in [1.165, 1.54) is 28.4 Å². The highest BCUT2D eigenvalue weighted by Gasteiger charge is 2.12.